The van der Waals surface area contributed by atoms with E-state index >= 15 is 0 Å². The number of rotatable bonds is 6. The second-order valence-corrected chi connectivity index (χ2v) is 10.4. The van der Waals surface area contributed by atoms with E-state index in [-0.39, 0.29) is 11.3 Å². The minimum absolute atomic E-state index is 0.0167. The van der Waals surface area contributed by atoms with Crippen molar-refractivity contribution in [2.24, 2.45) is 4.99 Å². The van der Waals surface area contributed by atoms with Crippen LogP contribution >= 0.6 is 22.9 Å². The van der Waals surface area contributed by atoms with Gasteiger partial charge >= 0.3 is 5.97 Å². The number of hydrogen-bond acceptors (Lipinski definition) is 9. The van der Waals surface area contributed by atoms with Crippen LogP contribution in [0.15, 0.2) is 74.0 Å². The molecule has 0 radical (unpaired) electrons. The number of benzene rings is 2. The van der Waals surface area contributed by atoms with E-state index in [2.05, 4.69) is 4.99 Å². The monoisotopic (exact) mass is 579 g/mol. The number of furan rings is 1. The molecule has 0 bridgehead atoms. The van der Waals surface area contributed by atoms with Gasteiger partial charge in [-0.2, -0.15) is 0 Å². The molecular weight excluding hydrogens is 558 g/mol. The highest BCUT2D eigenvalue weighted by atomic mass is 35.5. The molecule has 3 heterocycles. The van der Waals surface area contributed by atoms with Crippen LogP contribution in [0.2, 0.25) is 5.02 Å². The topological polar surface area (TPSA) is 126 Å². The van der Waals surface area contributed by atoms with Crippen molar-refractivity contribution in [3.05, 3.63) is 112 Å². The van der Waals surface area contributed by atoms with Crippen molar-refractivity contribution in [1.82, 2.24) is 4.57 Å². The fraction of sp³-hybridized carbons (Fsp3) is 0.179. The number of hydrogen-bond donors (Lipinski definition) is 0. The first-order valence-corrected chi connectivity index (χ1v) is 13.1. The molecule has 0 saturated heterocycles. The maximum Gasteiger partial charge on any atom is 0.338 e. The number of carbonyl (C=O) groups excluding carboxylic acids is 1. The first-order chi connectivity index (χ1) is 19.1. The molecule has 204 valence electrons. The summed E-state index contributed by atoms with van der Waals surface area (Å²) in [5, 5.41) is 11.8. The lowest BCUT2D eigenvalue weighted by Crippen LogP contribution is -2.40. The Balaban J connectivity index is 1.66. The van der Waals surface area contributed by atoms with E-state index < -0.39 is 22.5 Å². The van der Waals surface area contributed by atoms with Crippen LogP contribution in [0.3, 0.4) is 0 Å². The number of nitro groups is 1. The molecule has 1 aliphatic heterocycles. The van der Waals surface area contributed by atoms with Gasteiger partial charge in [0.1, 0.15) is 23.3 Å². The summed E-state index contributed by atoms with van der Waals surface area (Å²) in [6, 6.07) is 12.2. The molecule has 0 saturated carbocycles. The van der Waals surface area contributed by atoms with Gasteiger partial charge in [0.25, 0.3) is 11.2 Å². The van der Waals surface area contributed by atoms with Gasteiger partial charge in [-0.15, -0.1) is 0 Å². The van der Waals surface area contributed by atoms with Crippen molar-refractivity contribution in [3.63, 3.8) is 0 Å². The molecule has 4 aromatic rings. The quantitative estimate of drug-likeness (QED) is 0.186. The number of carbonyl (C=O) groups is 1. The number of nitrogens with zero attached hydrogens (tertiary/aromatic N) is 3. The largest absolute Gasteiger partial charge is 0.496 e. The zero-order valence-electron chi connectivity index (χ0n) is 21.8. The number of nitro benzene ring substituents is 1. The molecule has 0 aliphatic carbocycles. The van der Waals surface area contributed by atoms with Crippen LogP contribution in [0.4, 0.5) is 5.69 Å². The Hall–Kier alpha value is -4.48. The number of thiazole rings is 1. The maximum atomic E-state index is 13.8. The third-order valence-electron chi connectivity index (χ3n) is 6.50. The van der Waals surface area contributed by atoms with E-state index in [1.54, 1.807) is 62.4 Å². The van der Waals surface area contributed by atoms with Gasteiger partial charge in [-0.05, 0) is 44.2 Å². The van der Waals surface area contributed by atoms with E-state index in [1.807, 2.05) is 0 Å². The van der Waals surface area contributed by atoms with Crippen LogP contribution in [0, 0.1) is 17.0 Å². The summed E-state index contributed by atoms with van der Waals surface area (Å²) in [5.74, 6) is 0.574. The molecule has 40 heavy (non-hydrogen) atoms. The van der Waals surface area contributed by atoms with Gasteiger partial charge in [-0.1, -0.05) is 35.1 Å². The first-order valence-electron chi connectivity index (χ1n) is 11.9. The second-order valence-electron chi connectivity index (χ2n) is 8.92. The SMILES string of the molecule is COC(=O)C1=C(C)N=c2s/c(=C\c3ccc(-c4ccc(C)c([N+](=O)[O-])c4)o3)c(=O)n2[C@H]1c1cc(Cl)ccc1OC. The number of halogens is 1. The highest BCUT2D eigenvalue weighted by Gasteiger charge is 2.35. The smallest absolute Gasteiger partial charge is 0.338 e. The van der Waals surface area contributed by atoms with Crippen molar-refractivity contribution >= 4 is 40.7 Å². The molecule has 0 spiro atoms. The predicted molar refractivity (Wildman–Crippen MR) is 149 cm³/mol. The Morgan fingerprint density at radius 2 is 1.95 bits per heavy atom. The number of methoxy groups -OCH3 is 2. The van der Waals surface area contributed by atoms with Crippen LogP contribution in [-0.4, -0.2) is 29.7 Å². The van der Waals surface area contributed by atoms with Crippen molar-refractivity contribution in [3.8, 4) is 17.1 Å². The molecule has 10 nitrogen and oxygen atoms in total. The van der Waals surface area contributed by atoms with E-state index in [0.717, 1.165) is 11.3 Å². The van der Waals surface area contributed by atoms with Crippen molar-refractivity contribution in [2.45, 2.75) is 19.9 Å². The lowest BCUT2D eigenvalue weighted by Gasteiger charge is -2.25. The molecule has 2 aromatic heterocycles. The van der Waals surface area contributed by atoms with E-state index in [1.165, 1.54) is 24.9 Å². The van der Waals surface area contributed by atoms with Gasteiger partial charge in [0, 0.05) is 33.9 Å². The number of allylic oxidation sites excluding steroid dienone is 1. The predicted octanol–water partition coefficient (Wildman–Crippen LogP) is 4.55. The highest BCUT2D eigenvalue weighted by Crippen LogP contribution is 2.37. The fourth-order valence-electron chi connectivity index (χ4n) is 4.58. The van der Waals surface area contributed by atoms with Gasteiger partial charge in [0.15, 0.2) is 4.80 Å². The third kappa shape index (κ3) is 4.74. The highest BCUT2D eigenvalue weighted by molar-refractivity contribution is 7.07. The molecular formula is C28H22ClN3O7S. The van der Waals surface area contributed by atoms with E-state index in [0.29, 0.717) is 54.0 Å². The minimum Gasteiger partial charge on any atom is -0.496 e. The van der Waals surface area contributed by atoms with Gasteiger partial charge in [0.05, 0.1) is 34.9 Å². The zero-order chi connectivity index (χ0) is 28.7. The molecule has 0 amide bonds. The zero-order valence-corrected chi connectivity index (χ0v) is 23.3. The number of aryl methyl sites for hydroxylation is 1. The van der Waals surface area contributed by atoms with E-state index in [9.17, 15) is 19.7 Å². The summed E-state index contributed by atoms with van der Waals surface area (Å²) in [7, 11) is 2.75. The molecule has 0 unspecified atom stereocenters. The third-order valence-corrected chi connectivity index (χ3v) is 7.72. The Morgan fingerprint density at radius 3 is 2.65 bits per heavy atom. The Morgan fingerprint density at radius 1 is 1.18 bits per heavy atom. The number of ether oxygens (including phenoxy) is 2. The lowest BCUT2D eigenvalue weighted by atomic mass is 9.95. The summed E-state index contributed by atoms with van der Waals surface area (Å²) in [5.41, 5.74) is 1.72. The van der Waals surface area contributed by atoms with Crippen LogP contribution in [0.1, 0.15) is 29.9 Å². The average molecular weight is 580 g/mol. The Labute approximate surface area is 236 Å². The first kappa shape index (κ1) is 27.1. The lowest BCUT2D eigenvalue weighted by molar-refractivity contribution is -0.385. The molecule has 5 rings (SSSR count). The number of esters is 1. The standard InChI is InChI=1S/C28H22ClN3O7S/c1-14-5-6-16(11-20(14)32(35)36)21-10-8-18(39-21)13-23-26(33)31-25(19-12-17(29)7-9-22(19)37-3)24(27(34)38-4)15(2)30-28(31)40-23/h5-13,25H,1-4H3/b23-13-/t25-/m0/s1. The number of fused-ring (bicyclic) bond motifs is 1. The fourth-order valence-corrected chi connectivity index (χ4v) is 5.79. The summed E-state index contributed by atoms with van der Waals surface area (Å²) in [6.07, 6.45) is 1.57. The molecule has 2 aromatic carbocycles. The van der Waals surface area contributed by atoms with Gasteiger partial charge in [-0.25, -0.2) is 9.79 Å². The van der Waals surface area contributed by atoms with Crippen LogP contribution in [0.25, 0.3) is 17.4 Å². The minimum atomic E-state index is -0.903. The molecule has 0 fully saturated rings. The Bertz CT molecular complexity index is 1900. The van der Waals surface area contributed by atoms with Crippen LogP contribution in [-0.2, 0) is 9.53 Å². The van der Waals surface area contributed by atoms with Crippen LogP contribution < -0.4 is 19.6 Å². The van der Waals surface area contributed by atoms with Crippen molar-refractivity contribution in [1.29, 1.82) is 0 Å². The van der Waals surface area contributed by atoms with Gasteiger partial charge < -0.3 is 13.9 Å². The molecule has 1 atom stereocenters. The molecule has 0 N–H and O–H groups in total. The average Bonchev–Trinajstić information content (AvgIpc) is 3.51. The normalized spacial score (nSPS) is 15.0. The van der Waals surface area contributed by atoms with Gasteiger partial charge in [-0.3, -0.25) is 19.5 Å². The van der Waals surface area contributed by atoms with Gasteiger partial charge in [0.2, 0.25) is 0 Å². The second kappa shape index (κ2) is 10.6. The maximum absolute atomic E-state index is 13.8. The number of aromatic nitrogens is 1. The summed E-state index contributed by atoms with van der Waals surface area (Å²) >= 11 is 7.44. The van der Waals surface area contributed by atoms with Crippen molar-refractivity contribution in [2.75, 3.05) is 14.2 Å². The molecule has 12 heteroatoms. The molecule has 1 aliphatic rings. The summed E-state index contributed by atoms with van der Waals surface area (Å²) in [6.45, 7) is 3.33. The summed E-state index contributed by atoms with van der Waals surface area (Å²) in [4.78, 5) is 42.5. The Kier molecular flexibility index (Phi) is 7.17. The summed E-state index contributed by atoms with van der Waals surface area (Å²) < 4.78 is 18.2. The van der Waals surface area contributed by atoms with E-state index in [4.69, 9.17) is 25.5 Å². The van der Waals surface area contributed by atoms with Crippen LogP contribution in [0.5, 0.6) is 5.75 Å². The van der Waals surface area contributed by atoms with Crippen molar-refractivity contribution < 1.29 is 23.6 Å².